The van der Waals surface area contributed by atoms with Gasteiger partial charge in [-0.2, -0.15) is 0 Å². The molecule has 3 aromatic rings. The molecule has 0 amide bonds. The number of aromatic nitrogens is 1. The maximum Gasteiger partial charge on any atom is 0.573 e. The molecule has 0 spiro atoms. The lowest BCUT2D eigenvalue weighted by atomic mass is 9.98. The van der Waals surface area contributed by atoms with E-state index in [9.17, 15) is 13.2 Å². The number of aryl methyl sites for hydroxylation is 1. The van der Waals surface area contributed by atoms with E-state index in [0.29, 0.717) is 25.2 Å². The molecule has 0 unspecified atom stereocenters. The van der Waals surface area contributed by atoms with Crippen LogP contribution in [0.1, 0.15) is 24.0 Å². The molecule has 9 heteroatoms. The molecule has 0 atom stereocenters. The van der Waals surface area contributed by atoms with Crippen LogP contribution < -0.4 is 27.3 Å². The summed E-state index contributed by atoms with van der Waals surface area (Å²) in [6.45, 7) is 3.56. The summed E-state index contributed by atoms with van der Waals surface area (Å²) < 4.78 is 44.1. The minimum atomic E-state index is -4.75. The summed E-state index contributed by atoms with van der Waals surface area (Å²) in [7, 11) is 0. The number of nitrogens with one attached hydrogen (secondary N) is 1. The minimum Gasteiger partial charge on any atom is -0.406 e. The molecule has 1 heterocycles. The number of hydrogen-bond donors (Lipinski definition) is 4. The largest absolute Gasteiger partial charge is 0.573 e. The van der Waals surface area contributed by atoms with Crippen molar-refractivity contribution in [2.75, 3.05) is 19.6 Å². The van der Waals surface area contributed by atoms with E-state index < -0.39 is 6.36 Å². The van der Waals surface area contributed by atoms with Crippen molar-refractivity contribution in [1.82, 2.24) is 9.88 Å². The lowest BCUT2D eigenvalue weighted by Crippen LogP contribution is -2.17. The number of benzene rings is 2. The van der Waals surface area contributed by atoms with Crippen molar-refractivity contribution in [1.29, 1.82) is 0 Å². The Kier molecular flexibility index (Phi) is 8.14. The second kappa shape index (κ2) is 10.8. The van der Waals surface area contributed by atoms with Crippen molar-refractivity contribution in [2.45, 2.75) is 38.8 Å². The molecule has 0 saturated heterocycles. The Bertz CT molecular complexity index is 1030. The highest BCUT2D eigenvalue weighted by molar-refractivity contribution is 5.97. The SMILES string of the molecule is NCCCNCc1ccc2c(c1)c(-c1ccc(OC(F)(F)F)cc1CN)cn2CCCN. The van der Waals surface area contributed by atoms with Gasteiger partial charge in [-0.25, -0.2) is 0 Å². The van der Waals surface area contributed by atoms with E-state index >= 15 is 0 Å². The van der Waals surface area contributed by atoms with Crippen LogP contribution in [0.3, 0.4) is 0 Å². The van der Waals surface area contributed by atoms with Crippen LogP contribution >= 0.6 is 0 Å². The molecule has 0 radical (unpaired) electrons. The number of alkyl halides is 3. The van der Waals surface area contributed by atoms with Crippen LogP contribution in [0, 0.1) is 0 Å². The van der Waals surface area contributed by atoms with Gasteiger partial charge in [-0.1, -0.05) is 12.1 Å². The Morgan fingerprint density at radius 3 is 2.41 bits per heavy atom. The molecule has 7 N–H and O–H groups in total. The van der Waals surface area contributed by atoms with E-state index in [-0.39, 0.29) is 12.3 Å². The van der Waals surface area contributed by atoms with Gasteiger partial charge in [0.1, 0.15) is 5.75 Å². The molecule has 0 aliphatic heterocycles. The summed E-state index contributed by atoms with van der Waals surface area (Å²) in [6.07, 6.45) is -1.02. The van der Waals surface area contributed by atoms with Crippen molar-refractivity contribution >= 4 is 10.9 Å². The van der Waals surface area contributed by atoms with Gasteiger partial charge in [-0.15, -0.1) is 13.2 Å². The van der Waals surface area contributed by atoms with Crippen molar-refractivity contribution < 1.29 is 17.9 Å². The lowest BCUT2D eigenvalue weighted by Gasteiger charge is -2.13. The lowest BCUT2D eigenvalue weighted by molar-refractivity contribution is -0.274. The molecule has 32 heavy (non-hydrogen) atoms. The fourth-order valence-corrected chi connectivity index (χ4v) is 3.77. The van der Waals surface area contributed by atoms with E-state index in [4.69, 9.17) is 17.2 Å². The van der Waals surface area contributed by atoms with Crippen molar-refractivity contribution in [3.63, 3.8) is 0 Å². The van der Waals surface area contributed by atoms with Crippen LogP contribution in [0.15, 0.2) is 42.6 Å². The Labute approximate surface area is 185 Å². The molecule has 2 aromatic carbocycles. The van der Waals surface area contributed by atoms with Gasteiger partial charge < -0.3 is 31.8 Å². The van der Waals surface area contributed by atoms with Gasteiger partial charge in [0.05, 0.1) is 0 Å². The van der Waals surface area contributed by atoms with Crippen molar-refractivity contribution in [2.24, 2.45) is 17.2 Å². The third-order valence-electron chi connectivity index (χ3n) is 5.26. The van der Waals surface area contributed by atoms with Crippen LogP contribution in [0.4, 0.5) is 13.2 Å². The van der Waals surface area contributed by atoms with Crippen LogP contribution in [0.25, 0.3) is 22.0 Å². The van der Waals surface area contributed by atoms with E-state index in [0.717, 1.165) is 53.5 Å². The molecule has 3 rings (SSSR count). The third-order valence-corrected chi connectivity index (χ3v) is 5.26. The Hall–Kier alpha value is -2.59. The number of ether oxygens (including phenoxy) is 1. The van der Waals surface area contributed by atoms with Gasteiger partial charge in [0.2, 0.25) is 0 Å². The van der Waals surface area contributed by atoms with Gasteiger partial charge in [-0.3, -0.25) is 0 Å². The molecular formula is C23H30F3N5O. The Morgan fingerprint density at radius 2 is 1.72 bits per heavy atom. The van der Waals surface area contributed by atoms with Crippen molar-refractivity contribution in [3.8, 4) is 16.9 Å². The predicted octanol–water partition coefficient (Wildman–Crippen LogP) is 3.45. The summed E-state index contributed by atoms with van der Waals surface area (Å²) in [5.74, 6) is -0.279. The van der Waals surface area contributed by atoms with Gasteiger partial charge in [0.25, 0.3) is 0 Å². The van der Waals surface area contributed by atoms with Crippen LogP contribution in [-0.4, -0.2) is 30.6 Å². The Balaban J connectivity index is 2.03. The first-order valence-corrected chi connectivity index (χ1v) is 10.7. The average molecular weight is 450 g/mol. The summed E-state index contributed by atoms with van der Waals surface area (Å²) >= 11 is 0. The highest BCUT2D eigenvalue weighted by atomic mass is 19.4. The smallest absolute Gasteiger partial charge is 0.406 e. The molecule has 0 bridgehead atoms. The summed E-state index contributed by atoms with van der Waals surface area (Å²) in [4.78, 5) is 0. The molecule has 1 aromatic heterocycles. The number of halogens is 3. The molecule has 6 nitrogen and oxygen atoms in total. The minimum absolute atomic E-state index is 0.0835. The van der Waals surface area contributed by atoms with Crippen LogP contribution in [0.2, 0.25) is 0 Å². The van der Waals surface area contributed by atoms with Gasteiger partial charge in [-0.05, 0) is 73.4 Å². The molecule has 174 valence electrons. The van der Waals surface area contributed by atoms with E-state index in [1.807, 2.05) is 6.20 Å². The highest BCUT2D eigenvalue weighted by Gasteiger charge is 2.31. The number of fused-ring (bicyclic) bond motifs is 1. The van der Waals surface area contributed by atoms with Gasteiger partial charge >= 0.3 is 6.36 Å². The highest BCUT2D eigenvalue weighted by Crippen LogP contribution is 2.36. The van der Waals surface area contributed by atoms with E-state index in [1.165, 1.54) is 12.1 Å². The molecule has 0 fully saturated rings. The van der Waals surface area contributed by atoms with Crippen molar-refractivity contribution in [3.05, 3.63) is 53.7 Å². The number of hydrogen-bond acceptors (Lipinski definition) is 5. The second-order valence-corrected chi connectivity index (χ2v) is 7.62. The maximum atomic E-state index is 12.6. The summed E-state index contributed by atoms with van der Waals surface area (Å²) in [6, 6.07) is 10.6. The van der Waals surface area contributed by atoms with E-state index in [1.54, 1.807) is 6.07 Å². The van der Waals surface area contributed by atoms with E-state index in [2.05, 4.69) is 32.8 Å². The first-order chi connectivity index (χ1) is 15.4. The average Bonchev–Trinajstić information content (AvgIpc) is 3.11. The molecular weight excluding hydrogens is 419 g/mol. The standard InChI is InChI=1S/C23H30F3N5O/c24-23(25,26)32-18-4-5-19(17(12-18)13-29)21-15-31(10-2-8-28)22-6-3-16(11-20(21)22)14-30-9-1-7-27/h3-6,11-12,15,30H,1-2,7-10,13-14,27-29H2. The summed E-state index contributed by atoms with van der Waals surface area (Å²) in [5.41, 5.74) is 21.6. The predicted molar refractivity (Wildman–Crippen MR) is 121 cm³/mol. The first-order valence-electron chi connectivity index (χ1n) is 10.7. The second-order valence-electron chi connectivity index (χ2n) is 7.62. The normalized spacial score (nSPS) is 11.9. The van der Waals surface area contributed by atoms with Gasteiger partial charge in [0.15, 0.2) is 0 Å². The Morgan fingerprint density at radius 1 is 0.938 bits per heavy atom. The third kappa shape index (κ3) is 6.01. The number of nitrogens with zero attached hydrogens (tertiary/aromatic N) is 1. The fraction of sp³-hybridized carbons (Fsp3) is 0.391. The summed E-state index contributed by atoms with van der Waals surface area (Å²) in [5, 5.41) is 4.39. The van der Waals surface area contributed by atoms with Gasteiger partial charge in [0, 0.05) is 42.3 Å². The van der Waals surface area contributed by atoms with Crippen LogP contribution in [-0.2, 0) is 19.6 Å². The maximum absolute atomic E-state index is 12.6. The number of nitrogens with two attached hydrogens (primary N) is 3. The zero-order chi connectivity index (χ0) is 23.1. The number of rotatable bonds is 11. The topological polar surface area (TPSA) is 104 Å². The quantitative estimate of drug-likeness (QED) is 0.336. The molecule has 0 aliphatic carbocycles. The van der Waals surface area contributed by atoms with Crippen LogP contribution in [0.5, 0.6) is 5.75 Å². The molecule has 0 saturated carbocycles. The first kappa shape index (κ1) is 24.1. The fourth-order valence-electron chi connectivity index (χ4n) is 3.77. The molecule has 0 aliphatic rings. The zero-order valence-corrected chi connectivity index (χ0v) is 17.9. The monoisotopic (exact) mass is 449 g/mol. The zero-order valence-electron chi connectivity index (χ0n) is 17.9.